The van der Waals surface area contributed by atoms with Crippen LogP contribution in [0.4, 0.5) is 10.2 Å². The van der Waals surface area contributed by atoms with Gasteiger partial charge < -0.3 is 10.2 Å². The van der Waals surface area contributed by atoms with Crippen LogP contribution in [0.5, 0.6) is 0 Å². The Morgan fingerprint density at radius 3 is 3.24 bits per heavy atom. The van der Waals surface area contributed by atoms with Crippen molar-refractivity contribution in [3.63, 3.8) is 0 Å². The van der Waals surface area contributed by atoms with Crippen LogP contribution in [-0.4, -0.2) is 40.5 Å². The van der Waals surface area contributed by atoms with Gasteiger partial charge in [-0.25, -0.2) is 9.37 Å². The summed E-state index contributed by atoms with van der Waals surface area (Å²) in [5, 5.41) is 3.17. The number of likely N-dealkylation sites (tertiary alicyclic amines) is 1. The van der Waals surface area contributed by atoms with Gasteiger partial charge >= 0.3 is 0 Å². The van der Waals surface area contributed by atoms with Crippen molar-refractivity contribution in [2.24, 2.45) is 0 Å². The van der Waals surface area contributed by atoms with Crippen LogP contribution < -0.4 is 5.32 Å². The second-order valence-electron chi connectivity index (χ2n) is 4.21. The summed E-state index contributed by atoms with van der Waals surface area (Å²) in [7, 11) is 0. The Bertz CT molecular complexity index is 388. The number of hydrogen-bond acceptors (Lipinski definition) is 4. The molecule has 0 radical (unpaired) electrons. The number of nitrogens with one attached hydrogen (secondary N) is 1. The largest absolute Gasteiger partial charge is 0.363 e. The number of piperidine rings is 1. The summed E-state index contributed by atoms with van der Waals surface area (Å²) in [4.78, 5) is 9.80. The fourth-order valence-electron chi connectivity index (χ4n) is 2.10. The number of rotatable bonds is 3. The first-order chi connectivity index (χ1) is 8.19. The Labute approximate surface area is 105 Å². The van der Waals surface area contributed by atoms with Crippen molar-refractivity contribution >= 4 is 17.4 Å². The molecule has 0 aromatic carbocycles. The molecule has 1 aromatic rings. The van der Waals surface area contributed by atoms with Crippen LogP contribution in [0.2, 0.25) is 5.28 Å². The van der Waals surface area contributed by atoms with Gasteiger partial charge in [0.25, 0.3) is 0 Å². The minimum Gasteiger partial charge on any atom is -0.363 e. The molecule has 94 valence electrons. The van der Waals surface area contributed by atoms with Crippen molar-refractivity contribution in [3.8, 4) is 0 Å². The van der Waals surface area contributed by atoms with E-state index in [4.69, 9.17) is 11.6 Å². The van der Waals surface area contributed by atoms with Gasteiger partial charge in [-0.05, 0) is 37.5 Å². The predicted octanol–water partition coefficient (Wildman–Crippen LogP) is 2.17. The first-order valence-corrected chi connectivity index (χ1v) is 6.23. The normalized spacial score (nSPS) is 21.5. The lowest BCUT2D eigenvalue weighted by atomic mass is 10.1. The van der Waals surface area contributed by atoms with Crippen LogP contribution in [0.25, 0.3) is 0 Å². The van der Waals surface area contributed by atoms with Crippen LogP contribution in [0.3, 0.4) is 0 Å². The third-order valence-electron chi connectivity index (χ3n) is 3.01. The number of halogens is 2. The van der Waals surface area contributed by atoms with E-state index in [0.29, 0.717) is 0 Å². The fourth-order valence-corrected chi connectivity index (χ4v) is 2.23. The smallest absolute Gasteiger partial charge is 0.224 e. The molecule has 0 saturated carbocycles. The summed E-state index contributed by atoms with van der Waals surface area (Å²) in [5.41, 5.74) is 0. The second-order valence-corrected chi connectivity index (χ2v) is 4.55. The van der Waals surface area contributed by atoms with E-state index in [1.165, 1.54) is 0 Å². The van der Waals surface area contributed by atoms with Crippen LogP contribution >= 0.6 is 11.6 Å². The molecule has 1 unspecified atom stereocenters. The molecule has 1 N–H and O–H groups in total. The minimum atomic E-state index is -0.456. The van der Waals surface area contributed by atoms with E-state index in [0.717, 1.165) is 38.7 Å². The van der Waals surface area contributed by atoms with Gasteiger partial charge in [0.2, 0.25) is 5.28 Å². The van der Waals surface area contributed by atoms with Crippen molar-refractivity contribution in [1.82, 2.24) is 14.9 Å². The van der Waals surface area contributed by atoms with E-state index in [1.54, 1.807) is 0 Å². The molecule has 6 heteroatoms. The maximum absolute atomic E-state index is 13.4. The van der Waals surface area contributed by atoms with Gasteiger partial charge in [-0.2, -0.15) is 4.98 Å². The molecule has 0 amide bonds. The minimum absolute atomic E-state index is 0.0667. The Morgan fingerprint density at radius 2 is 2.47 bits per heavy atom. The van der Waals surface area contributed by atoms with E-state index in [9.17, 15) is 4.39 Å². The molecule has 4 nitrogen and oxygen atoms in total. The van der Waals surface area contributed by atoms with Gasteiger partial charge in [-0.1, -0.05) is 6.92 Å². The molecule has 0 spiro atoms. The van der Waals surface area contributed by atoms with Crippen molar-refractivity contribution in [2.45, 2.75) is 25.8 Å². The Kier molecular flexibility index (Phi) is 4.12. The Morgan fingerprint density at radius 1 is 1.65 bits per heavy atom. The molecule has 1 saturated heterocycles. The number of hydrogen-bond donors (Lipinski definition) is 1. The number of nitrogens with zero attached hydrogens (tertiary/aromatic N) is 3. The topological polar surface area (TPSA) is 41.0 Å². The molecule has 2 heterocycles. The van der Waals surface area contributed by atoms with Gasteiger partial charge in [-0.15, -0.1) is 0 Å². The van der Waals surface area contributed by atoms with E-state index in [-0.39, 0.29) is 17.1 Å². The van der Waals surface area contributed by atoms with E-state index >= 15 is 0 Å². The number of anilines is 1. The first-order valence-electron chi connectivity index (χ1n) is 5.86. The van der Waals surface area contributed by atoms with Crippen LogP contribution in [0.15, 0.2) is 6.20 Å². The second kappa shape index (κ2) is 5.60. The number of likely N-dealkylation sites (N-methyl/N-ethyl adjacent to an activating group) is 1. The molecule has 1 aromatic heterocycles. The lowest BCUT2D eigenvalue weighted by Crippen LogP contribution is -2.42. The van der Waals surface area contributed by atoms with Gasteiger partial charge in [0.1, 0.15) is 0 Å². The summed E-state index contributed by atoms with van der Waals surface area (Å²) in [6.45, 7) is 5.18. The van der Waals surface area contributed by atoms with Crippen LogP contribution in [-0.2, 0) is 0 Å². The SMILES string of the molecule is CCN1CCCC(Nc2nc(Cl)ncc2F)C1. The van der Waals surface area contributed by atoms with E-state index in [1.807, 2.05) is 0 Å². The van der Waals surface area contributed by atoms with Gasteiger partial charge in [-0.3, -0.25) is 0 Å². The lowest BCUT2D eigenvalue weighted by Gasteiger charge is -2.32. The first kappa shape index (κ1) is 12.5. The van der Waals surface area contributed by atoms with Crippen LogP contribution in [0.1, 0.15) is 19.8 Å². The summed E-state index contributed by atoms with van der Waals surface area (Å²) < 4.78 is 13.4. The average Bonchev–Trinajstić information content (AvgIpc) is 2.34. The van der Waals surface area contributed by atoms with Crippen LogP contribution in [0, 0.1) is 5.82 Å². The van der Waals surface area contributed by atoms with Gasteiger partial charge in [0.15, 0.2) is 11.6 Å². The fraction of sp³-hybridized carbons (Fsp3) is 0.636. The maximum atomic E-state index is 13.4. The average molecular weight is 259 g/mol. The van der Waals surface area contributed by atoms with Crippen molar-refractivity contribution in [3.05, 3.63) is 17.3 Å². The molecule has 0 bridgehead atoms. The lowest BCUT2D eigenvalue weighted by molar-refractivity contribution is 0.226. The molecule has 1 atom stereocenters. The third kappa shape index (κ3) is 3.26. The Balaban J connectivity index is 2.02. The maximum Gasteiger partial charge on any atom is 0.224 e. The number of aromatic nitrogens is 2. The third-order valence-corrected chi connectivity index (χ3v) is 3.19. The molecular weight excluding hydrogens is 243 g/mol. The zero-order valence-corrected chi connectivity index (χ0v) is 10.5. The molecular formula is C11H16ClFN4. The summed E-state index contributed by atoms with van der Waals surface area (Å²) >= 11 is 5.65. The predicted molar refractivity (Wildman–Crippen MR) is 65.8 cm³/mol. The highest BCUT2D eigenvalue weighted by Gasteiger charge is 2.20. The summed E-state index contributed by atoms with van der Waals surface area (Å²) in [5.74, 6) is -0.254. The quantitative estimate of drug-likeness (QED) is 0.844. The molecule has 1 aliphatic heterocycles. The molecule has 1 aliphatic rings. The molecule has 2 rings (SSSR count). The summed E-state index contributed by atoms with van der Waals surface area (Å²) in [6, 6.07) is 0.226. The van der Waals surface area contributed by atoms with Gasteiger partial charge in [0, 0.05) is 12.6 Å². The zero-order chi connectivity index (χ0) is 12.3. The highest BCUT2D eigenvalue weighted by molar-refractivity contribution is 6.28. The monoisotopic (exact) mass is 258 g/mol. The standard InChI is InChI=1S/C11H16ClFN4/c1-2-17-5-3-4-8(7-17)15-10-9(13)6-14-11(12)16-10/h6,8H,2-5,7H2,1H3,(H,14,15,16). The summed E-state index contributed by atoms with van der Waals surface area (Å²) in [6.07, 6.45) is 3.24. The highest BCUT2D eigenvalue weighted by Crippen LogP contribution is 2.17. The highest BCUT2D eigenvalue weighted by atomic mass is 35.5. The van der Waals surface area contributed by atoms with Crippen molar-refractivity contribution < 1.29 is 4.39 Å². The van der Waals surface area contributed by atoms with E-state index in [2.05, 4.69) is 27.1 Å². The Hall–Kier alpha value is -0.940. The van der Waals surface area contributed by atoms with Gasteiger partial charge in [0.05, 0.1) is 6.20 Å². The molecule has 1 fully saturated rings. The van der Waals surface area contributed by atoms with Crippen molar-refractivity contribution in [1.29, 1.82) is 0 Å². The zero-order valence-electron chi connectivity index (χ0n) is 9.79. The molecule has 0 aliphatic carbocycles. The van der Waals surface area contributed by atoms with Crippen molar-refractivity contribution in [2.75, 3.05) is 25.0 Å². The molecule has 17 heavy (non-hydrogen) atoms. The van der Waals surface area contributed by atoms with E-state index < -0.39 is 5.82 Å².